The van der Waals surface area contributed by atoms with Crippen molar-refractivity contribution < 1.29 is 13.9 Å². The molecule has 1 unspecified atom stereocenters. The van der Waals surface area contributed by atoms with Crippen LogP contribution in [-0.4, -0.2) is 56.7 Å². The minimum absolute atomic E-state index is 0.118. The van der Waals surface area contributed by atoms with Crippen LogP contribution in [0.4, 0.5) is 15.0 Å². The van der Waals surface area contributed by atoms with Gasteiger partial charge in [-0.2, -0.15) is 0 Å². The highest BCUT2D eigenvalue weighted by atomic mass is 35.5. The summed E-state index contributed by atoms with van der Waals surface area (Å²) in [6.07, 6.45) is 4.76. The predicted molar refractivity (Wildman–Crippen MR) is 112 cm³/mol. The molecule has 1 amide bonds. The molecule has 8 nitrogen and oxygen atoms in total. The Kier molecular flexibility index (Phi) is 5.72. The number of likely N-dealkylation sites (tertiary alicyclic amines) is 1. The number of rotatable bonds is 5. The lowest BCUT2D eigenvalue weighted by atomic mass is 10.1. The molecule has 1 aliphatic rings. The number of fused-ring (bicyclic) bond motifs is 1. The Labute approximate surface area is 177 Å². The molecule has 3 aromatic rings. The first kappa shape index (κ1) is 20.3. The van der Waals surface area contributed by atoms with Gasteiger partial charge in [0.15, 0.2) is 17.5 Å². The van der Waals surface area contributed by atoms with Crippen LogP contribution in [0.5, 0.6) is 0 Å². The maximum Gasteiger partial charge on any atom is 0.410 e. The molecular weight excluding hydrogens is 411 g/mol. The summed E-state index contributed by atoms with van der Waals surface area (Å²) in [6.45, 7) is 5.31. The average molecular weight is 433 g/mol. The summed E-state index contributed by atoms with van der Waals surface area (Å²) in [5.74, 6) is 0.123. The first-order valence-corrected chi connectivity index (χ1v) is 10.1. The summed E-state index contributed by atoms with van der Waals surface area (Å²) in [5.41, 5.74) is 1.34. The highest BCUT2D eigenvalue weighted by molar-refractivity contribution is 6.31. The van der Waals surface area contributed by atoms with E-state index in [-0.39, 0.29) is 23.9 Å². The van der Waals surface area contributed by atoms with Crippen LogP contribution in [-0.2, 0) is 4.74 Å². The minimum Gasteiger partial charge on any atom is -0.447 e. The van der Waals surface area contributed by atoms with E-state index in [9.17, 15) is 9.18 Å². The molecule has 0 bridgehead atoms. The van der Waals surface area contributed by atoms with Crippen molar-refractivity contribution >= 4 is 34.5 Å². The number of pyridine rings is 1. The van der Waals surface area contributed by atoms with Crippen LogP contribution in [0.1, 0.15) is 20.3 Å². The van der Waals surface area contributed by atoms with E-state index in [4.69, 9.17) is 16.3 Å². The van der Waals surface area contributed by atoms with Crippen molar-refractivity contribution in [3.8, 4) is 11.4 Å². The van der Waals surface area contributed by atoms with Gasteiger partial charge in [-0.3, -0.25) is 0 Å². The summed E-state index contributed by atoms with van der Waals surface area (Å²) in [6, 6.07) is 1.76. The lowest BCUT2D eigenvalue weighted by molar-refractivity contribution is 0.0827. The number of carbonyl (C=O) groups excluding carboxylic acids is 1. The van der Waals surface area contributed by atoms with E-state index < -0.39 is 5.82 Å². The molecule has 0 spiro atoms. The molecule has 30 heavy (non-hydrogen) atoms. The second kappa shape index (κ2) is 8.43. The smallest absolute Gasteiger partial charge is 0.410 e. The van der Waals surface area contributed by atoms with Crippen molar-refractivity contribution in [2.24, 2.45) is 5.92 Å². The van der Waals surface area contributed by atoms with Gasteiger partial charge in [0.05, 0.1) is 17.3 Å². The Hall–Kier alpha value is -2.94. The van der Waals surface area contributed by atoms with Crippen LogP contribution >= 0.6 is 11.6 Å². The normalized spacial score (nSPS) is 16.4. The molecule has 0 saturated carbocycles. The maximum atomic E-state index is 14.3. The number of ether oxygens (including phenoxy) is 1. The number of aromatic nitrogens is 4. The zero-order valence-electron chi connectivity index (χ0n) is 16.7. The summed E-state index contributed by atoms with van der Waals surface area (Å²) in [5, 5.41) is 4.31. The molecule has 10 heteroatoms. The predicted octanol–water partition coefficient (Wildman–Crippen LogP) is 4.09. The van der Waals surface area contributed by atoms with Crippen LogP contribution < -0.4 is 5.32 Å². The Morgan fingerprint density at radius 3 is 3.07 bits per heavy atom. The lowest BCUT2D eigenvalue weighted by Gasteiger charge is -2.18. The highest BCUT2D eigenvalue weighted by Crippen LogP contribution is 2.28. The molecule has 1 atom stereocenters. The number of nitrogens with zero attached hydrogens (tertiary/aromatic N) is 4. The summed E-state index contributed by atoms with van der Waals surface area (Å²) >= 11 is 6.05. The third-order valence-corrected chi connectivity index (χ3v) is 5.13. The van der Waals surface area contributed by atoms with E-state index in [0.29, 0.717) is 41.7 Å². The van der Waals surface area contributed by atoms with Gasteiger partial charge in [0.25, 0.3) is 0 Å². The highest BCUT2D eigenvalue weighted by Gasteiger charge is 2.28. The molecule has 4 heterocycles. The van der Waals surface area contributed by atoms with Gasteiger partial charge in [-0.15, -0.1) is 0 Å². The molecule has 158 valence electrons. The first-order valence-electron chi connectivity index (χ1n) is 9.75. The maximum absolute atomic E-state index is 14.3. The van der Waals surface area contributed by atoms with Gasteiger partial charge in [0, 0.05) is 43.0 Å². The Balaban J connectivity index is 1.46. The molecule has 3 aromatic heterocycles. The molecule has 0 aliphatic carbocycles. The molecule has 0 radical (unpaired) electrons. The van der Waals surface area contributed by atoms with Crippen molar-refractivity contribution in [3.63, 3.8) is 0 Å². The van der Waals surface area contributed by atoms with Crippen LogP contribution in [0.25, 0.3) is 22.4 Å². The number of halogens is 2. The number of nitrogens with one attached hydrogen (secondary N) is 2. The lowest BCUT2D eigenvalue weighted by Crippen LogP contribution is -2.32. The number of anilines is 1. The molecule has 1 aliphatic heterocycles. The largest absolute Gasteiger partial charge is 0.447 e. The molecule has 0 aromatic carbocycles. The monoisotopic (exact) mass is 432 g/mol. The van der Waals surface area contributed by atoms with E-state index in [0.717, 1.165) is 18.0 Å². The van der Waals surface area contributed by atoms with Crippen molar-refractivity contribution in [2.75, 3.05) is 25.0 Å². The number of hydrogen-bond donors (Lipinski definition) is 2. The molecule has 1 fully saturated rings. The van der Waals surface area contributed by atoms with Crippen molar-refractivity contribution in [1.29, 1.82) is 0 Å². The number of carbonyl (C=O) groups is 1. The van der Waals surface area contributed by atoms with Gasteiger partial charge in [-0.1, -0.05) is 11.6 Å². The van der Waals surface area contributed by atoms with E-state index in [1.54, 1.807) is 23.4 Å². The minimum atomic E-state index is -0.538. The SMILES string of the molecule is CC(C)OC(=O)N1CCC(CNc2nc(-c3c[nH]c4ncc(Cl)cc34)ncc2F)C1. The second-order valence-corrected chi connectivity index (χ2v) is 7.99. The summed E-state index contributed by atoms with van der Waals surface area (Å²) in [7, 11) is 0. The third-order valence-electron chi connectivity index (χ3n) is 4.92. The fraction of sp³-hybridized carbons (Fsp3) is 0.400. The van der Waals surface area contributed by atoms with Gasteiger partial charge in [-0.05, 0) is 32.3 Å². The average Bonchev–Trinajstić information content (AvgIpc) is 3.34. The van der Waals surface area contributed by atoms with E-state index in [2.05, 4.69) is 25.3 Å². The molecular formula is C20H22ClFN6O2. The van der Waals surface area contributed by atoms with Gasteiger partial charge in [0.2, 0.25) is 0 Å². The zero-order chi connectivity index (χ0) is 21.3. The Morgan fingerprint density at radius 1 is 1.43 bits per heavy atom. The second-order valence-electron chi connectivity index (χ2n) is 7.56. The first-order chi connectivity index (χ1) is 14.4. The Bertz CT molecular complexity index is 1070. The van der Waals surface area contributed by atoms with Crippen molar-refractivity contribution in [1.82, 2.24) is 24.8 Å². The molecule has 4 rings (SSSR count). The van der Waals surface area contributed by atoms with Gasteiger partial charge >= 0.3 is 6.09 Å². The zero-order valence-corrected chi connectivity index (χ0v) is 17.4. The third kappa shape index (κ3) is 4.30. The molecule has 2 N–H and O–H groups in total. The van der Waals surface area contributed by atoms with E-state index in [1.807, 2.05) is 13.8 Å². The van der Waals surface area contributed by atoms with E-state index >= 15 is 0 Å². The number of H-pyrrole nitrogens is 1. The fourth-order valence-electron chi connectivity index (χ4n) is 3.47. The number of aromatic amines is 1. The van der Waals surface area contributed by atoms with Crippen LogP contribution in [0.15, 0.2) is 24.7 Å². The van der Waals surface area contributed by atoms with Crippen molar-refractivity contribution in [3.05, 3.63) is 35.5 Å². The van der Waals surface area contributed by atoms with Crippen LogP contribution in [0, 0.1) is 11.7 Å². The summed E-state index contributed by atoms with van der Waals surface area (Å²) in [4.78, 5) is 29.4. The standard InChI is InChI=1S/C20H22ClFN6O2/c1-11(2)30-20(29)28-4-3-12(10-28)6-23-19-16(22)9-26-18(27-19)15-8-25-17-14(15)5-13(21)7-24-17/h5,7-9,11-12H,3-4,6,10H2,1-2H3,(H,24,25)(H,23,26,27). The van der Waals surface area contributed by atoms with E-state index in [1.165, 1.54) is 0 Å². The fourth-order valence-corrected chi connectivity index (χ4v) is 3.62. The quantitative estimate of drug-likeness (QED) is 0.630. The Morgan fingerprint density at radius 2 is 2.27 bits per heavy atom. The van der Waals surface area contributed by atoms with Crippen LogP contribution in [0.3, 0.4) is 0 Å². The van der Waals surface area contributed by atoms with Gasteiger partial charge in [-0.25, -0.2) is 24.1 Å². The van der Waals surface area contributed by atoms with Crippen LogP contribution in [0.2, 0.25) is 5.02 Å². The topological polar surface area (TPSA) is 96.0 Å². The number of amides is 1. The van der Waals surface area contributed by atoms with Gasteiger partial charge < -0.3 is 19.9 Å². The van der Waals surface area contributed by atoms with Gasteiger partial charge in [0.1, 0.15) is 5.65 Å². The summed E-state index contributed by atoms with van der Waals surface area (Å²) < 4.78 is 19.5. The number of hydrogen-bond acceptors (Lipinski definition) is 6. The van der Waals surface area contributed by atoms with Crippen molar-refractivity contribution in [2.45, 2.75) is 26.4 Å². The molecule has 1 saturated heterocycles.